The lowest BCUT2D eigenvalue weighted by Crippen LogP contribution is -2.61. The summed E-state index contributed by atoms with van der Waals surface area (Å²) < 4.78 is 36.8. The molecule has 6 heterocycles. The number of pyridine rings is 1. The number of nitrogens with zero attached hydrogens (tertiary/aromatic N) is 6. The van der Waals surface area contributed by atoms with Crippen LogP contribution in [0.2, 0.25) is 0 Å². The Kier molecular flexibility index (Phi) is 16.3. The topological polar surface area (TPSA) is 178 Å². The Bertz CT molecular complexity index is 2280. The fourth-order valence-electron chi connectivity index (χ4n) is 9.97. The third-order valence-electron chi connectivity index (χ3n) is 13.4. The minimum atomic E-state index is -1.01. The van der Waals surface area contributed by atoms with E-state index in [4.69, 9.17) is 33.4 Å². The summed E-state index contributed by atoms with van der Waals surface area (Å²) in [5.41, 5.74) is 8.89. The summed E-state index contributed by atoms with van der Waals surface area (Å²) in [4.78, 5) is 64.4. The largest absolute Gasteiger partial charge is 0.468 e. The molecule has 3 aromatic rings. The van der Waals surface area contributed by atoms with Gasteiger partial charge < -0.3 is 48.1 Å². The van der Waals surface area contributed by atoms with Crippen LogP contribution in [0.4, 0.5) is 16.2 Å². The molecule has 0 spiro atoms. The van der Waals surface area contributed by atoms with E-state index in [0.29, 0.717) is 64.7 Å². The van der Waals surface area contributed by atoms with Crippen molar-refractivity contribution < 1.29 is 47.6 Å². The summed E-state index contributed by atoms with van der Waals surface area (Å²) in [6.07, 6.45) is 2.38. The molecule has 18 heteroatoms. The number of benzene rings is 1. The molecule has 0 aliphatic carbocycles. The van der Waals surface area contributed by atoms with E-state index in [9.17, 15) is 19.2 Å². The molecule has 4 aliphatic heterocycles. The number of hydrazine groups is 1. The minimum Gasteiger partial charge on any atom is -0.468 e. The quantitative estimate of drug-likeness (QED) is 0.149. The van der Waals surface area contributed by atoms with Crippen LogP contribution in [0.15, 0.2) is 30.5 Å². The maximum absolute atomic E-state index is 14.2. The van der Waals surface area contributed by atoms with Crippen LogP contribution >= 0.6 is 0 Å². The Hall–Kier alpha value is -5.01. The monoisotopic (exact) mass is 947 g/mol. The summed E-state index contributed by atoms with van der Waals surface area (Å²) in [6, 6.07) is 7.47. The highest BCUT2D eigenvalue weighted by Gasteiger charge is 2.37. The number of morpholine rings is 2. The molecule has 4 fully saturated rings. The molecule has 2 aromatic heterocycles. The number of anilines is 2. The Morgan fingerprint density at radius 3 is 2.47 bits per heavy atom. The predicted molar refractivity (Wildman–Crippen MR) is 258 cm³/mol. The molecule has 1 aromatic carbocycles. The molecular weight excluding hydrogens is 873 g/mol. The minimum absolute atomic E-state index is 0.163. The fourth-order valence-corrected chi connectivity index (χ4v) is 9.97. The number of aromatic nitrogens is 2. The molecule has 0 bridgehead atoms. The van der Waals surface area contributed by atoms with Crippen molar-refractivity contribution in [2.45, 2.75) is 124 Å². The Balaban J connectivity index is 1.25. The van der Waals surface area contributed by atoms with Gasteiger partial charge in [-0.15, -0.1) is 0 Å². The average molecular weight is 947 g/mol. The van der Waals surface area contributed by atoms with Gasteiger partial charge in [-0.2, -0.15) is 0 Å². The molecule has 374 valence electrons. The molecule has 4 aliphatic rings. The van der Waals surface area contributed by atoms with Gasteiger partial charge in [-0.1, -0.05) is 13.8 Å². The van der Waals surface area contributed by atoms with Crippen molar-refractivity contribution in [3.63, 3.8) is 0 Å². The highest BCUT2D eigenvalue weighted by molar-refractivity contribution is 5.95. The van der Waals surface area contributed by atoms with Crippen LogP contribution in [0.1, 0.15) is 92.0 Å². The number of rotatable bonds is 15. The Morgan fingerprint density at radius 1 is 0.971 bits per heavy atom. The van der Waals surface area contributed by atoms with Crippen LogP contribution in [0.5, 0.6) is 0 Å². The first kappa shape index (κ1) is 50.9. The van der Waals surface area contributed by atoms with E-state index in [1.54, 1.807) is 27.9 Å². The average Bonchev–Trinajstić information content (AvgIpc) is 3.62. The van der Waals surface area contributed by atoms with Crippen molar-refractivity contribution in [1.29, 1.82) is 0 Å². The van der Waals surface area contributed by atoms with Crippen molar-refractivity contribution >= 4 is 46.2 Å². The standard InChI is InChI=1S/C50H74N8O10/c1-11-57-43-15-14-34(56-20-22-66-37(29-56)25-42(52-48(62)68-49(4,5)6)46(60)58-16-12-13-41(53-58)47(61)64-10)23-38(43)40(26-50(7,8)31-67-33(3)59)45(57)39-24-35(27-51-44(39)32(2)63-9)55-18-17-54-19-21-65-30-36(54)28-55/h14-15,23-24,27,32,36-37,41-42,53H,11-13,16-22,25-26,28-31H2,1-10H3,(H,52,62)/t32-,36-,37-,41-,42-/m0/s1. The number of alkyl carbamates (subject to hydrolysis) is 1. The lowest BCUT2D eigenvalue weighted by molar-refractivity contribution is -0.150. The third-order valence-corrected chi connectivity index (χ3v) is 13.4. The van der Waals surface area contributed by atoms with Gasteiger partial charge in [0.2, 0.25) is 0 Å². The number of piperazine rings is 1. The Labute approximate surface area is 401 Å². The van der Waals surface area contributed by atoms with Gasteiger partial charge in [0, 0.05) is 100 Å². The highest BCUT2D eigenvalue weighted by Crippen LogP contribution is 2.43. The zero-order valence-corrected chi connectivity index (χ0v) is 41.9. The van der Waals surface area contributed by atoms with Gasteiger partial charge in [-0.3, -0.25) is 29.3 Å². The summed E-state index contributed by atoms with van der Waals surface area (Å²) in [7, 11) is 3.03. The predicted octanol–water partition coefficient (Wildman–Crippen LogP) is 5.24. The number of ether oxygens (including phenoxy) is 6. The third kappa shape index (κ3) is 12.0. The lowest BCUT2D eigenvalue weighted by atomic mass is 9.84. The van der Waals surface area contributed by atoms with Crippen LogP contribution in [-0.2, 0) is 55.8 Å². The molecule has 68 heavy (non-hydrogen) atoms. The van der Waals surface area contributed by atoms with Crippen LogP contribution in [0.3, 0.4) is 0 Å². The normalized spacial score (nSPS) is 21.5. The van der Waals surface area contributed by atoms with E-state index in [1.807, 2.05) is 13.1 Å². The first-order chi connectivity index (χ1) is 32.4. The highest BCUT2D eigenvalue weighted by atomic mass is 16.6. The smallest absolute Gasteiger partial charge is 0.408 e. The molecule has 0 radical (unpaired) electrons. The van der Waals surface area contributed by atoms with E-state index in [2.05, 4.69) is 75.0 Å². The lowest BCUT2D eigenvalue weighted by Gasteiger charge is -2.44. The maximum atomic E-state index is 14.2. The summed E-state index contributed by atoms with van der Waals surface area (Å²) in [6.45, 7) is 23.0. The second kappa shape index (κ2) is 21.7. The number of hydrogen-bond acceptors (Lipinski definition) is 15. The second-order valence-corrected chi connectivity index (χ2v) is 20.3. The van der Waals surface area contributed by atoms with Crippen LogP contribution in [0, 0.1) is 5.41 Å². The Morgan fingerprint density at radius 2 is 1.75 bits per heavy atom. The van der Waals surface area contributed by atoms with E-state index in [0.717, 1.165) is 77.6 Å². The first-order valence-corrected chi connectivity index (χ1v) is 24.3. The molecule has 7 rings (SSSR count). The van der Waals surface area contributed by atoms with Gasteiger partial charge in [-0.25, -0.2) is 10.2 Å². The van der Waals surface area contributed by atoms with Crippen molar-refractivity contribution in [2.75, 3.05) is 96.3 Å². The zero-order chi connectivity index (χ0) is 48.9. The maximum Gasteiger partial charge on any atom is 0.408 e. The molecule has 2 N–H and O–H groups in total. The first-order valence-electron chi connectivity index (χ1n) is 24.3. The van der Waals surface area contributed by atoms with Crippen LogP contribution in [0.25, 0.3) is 22.2 Å². The van der Waals surface area contributed by atoms with Gasteiger partial charge in [0.05, 0.1) is 75.1 Å². The van der Waals surface area contributed by atoms with E-state index in [-0.39, 0.29) is 25.1 Å². The summed E-state index contributed by atoms with van der Waals surface area (Å²) in [5.74, 6) is -1.18. The van der Waals surface area contributed by atoms with Crippen LogP contribution < -0.4 is 20.5 Å². The zero-order valence-electron chi connectivity index (χ0n) is 41.9. The number of aryl methyl sites for hydroxylation is 1. The number of nitrogens with one attached hydrogen (secondary N) is 2. The number of hydrogen-bond donors (Lipinski definition) is 2. The van der Waals surface area contributed by atoms with Crippen molar-refractivity contribution in [3.05, 3.63) is 41.7 Å². The number of amides is 2. The van der Waals surface area contributed by atoms with E-state index < -0.39 is 47.2 Å². The van der Waals surface area contributed by atoms with Crippen molar-refractivity contribution in [3.8, 4) is 11.3 Å². The van der Waals surface area contributed by atoms with Crippen molar-refractivity contribution in [1.82, 2.24) is 30.2 Å². The van der Waals surface area contributed by atoms with Gasteiger partial charge in [0.25, 0.3) is 5.91 Å². The number of fused-ring (bicyclic) bond motifs is 2. The number of carbonyl (C=O) groups excluding carboxylic acids is 4. The number of methoxy groups -OCH3 is 2. The van der Waals surface area contributed by atoms with Gasteiger partial charge >= 0.3 is 18.0 Å². The SMILES string of the molecule is CCn1c(-c2cc(N3CCN4CCOC[C@@H]4C3)cnc2[C@H](C)OC)c(CC(C)(C)COC(C)=O)c2cc(N3CCO[C@@H](C[C@H](NC(=O)OC(C)(C)C)C(=O)N4CCC[C@@H](C(=O)OC)N4)C3)ccc21. The second-order valence-electron chi connectivity index (χ2n) is 20.3. The molecule has 2 amide bonds. The molecule has 5 atom stereocenters. The van der Waals surface area contributed by atoms with Gasteiger partial charge in [-0.05, 0) is 83.7 Å². The number of esters is 2. The van der Waals surface area contributed by atoms with Crippen molar-refractivity contribution in [2.24, 2.45) is 5.41 Å². The molecule has 18 nitrogen and oxygen atoms in total. The molecule has 0 saturated carbocycles. The summed E-state index contributed by atoms with van der Waals surface area (Å²) in [5, 5.41) is 5.29. The van der Waals surface area contributed by atoms with E-state index in [1.165, 1.54) is 19.0 Å². The molecule has 0 unspecified atom stereocenters. The van der Waals surface area contributed by atoms with Gasteiger partial charge in [0.15, 0.2) is 0 Å². The molecule has 4 saturated heterocycles. The summed E-state index contributed by atoms with van der Waals surface area (Å²) >= 11 is 0. The van der Waals surface area contributed by atoms with Gasteiger partial charge in [0.1, 0.15) is 17.7 Å². The number of carbonyl (C=O) groups is 4. The molecular formula is C50H74N8O10. The fraction of sp³-hybridized carbons (Fsp3) is 0.660. The van der Waals surface area contributed by atoms with Crippen LogP contribution in [-0.4, -0.2) is 160 Å². The van der Waals surface area contributed by atoms with E-state index >= 15 is 0 Å².